The first kappa shape index (κ1) is 15.4. The summed E-state index contributed by atoms with van der Waals surface area (Å²) in [4.78, 5) is 10.2. The maximum absolute atomic E-state index is 13.0. The van der Waals surface area contributed by atoms with E-state index in [4.69, 9.17) is 5.11 Å². The second-order valence-electron chi connectivity index (χ2n) is 5.26. The molecule has 0 saturated carbocycles. The summed E-state index contributed by atoms with van der Waals surface area (Å²) in [5.74, 6) is -0.628. The average molecular weight is 270 g/mol. The predicted octanol–water partition coefficient (Wildman–Crippen LogP) is 2.94. The van der Waals surface area contributed by atoms with Crippen molar-refractivity contribution in [1.82, 2.24) is 0 Å². The fourth-order valence-corrected chi connectivity index (χ4v) is 1.79. The van der Waals surface area contributed by atoms with Gasteiger partial charge >= 0.3 is 0 Å². The van der Waals surface area contributed by atoms with Gasteiger partial charge in [0, 0.05) is 13.2 Å². The summed E-state index contributed by atoms with van der Waals surface area (Å²) in [5, 5.41) is 22.6. The summed E-state index contributed by atoms with van der Waals surface area (Å²) in [7, 11) is 0. The topological polar surface area (TPSA) is 75.4 Å². The highest BCUT2D eigenvalue weighted by molar-refractivity contribution is 5.61. The van der Waals surface area contributed by atoms with Crippen LogP contribution >= 0.6 is 0 Å². The standard InChI is InChI=1S/C13H19FN2O3/c1-13(2,6-3-7-17)9-15-11-5-4-10(14)8-12(11)16(18)19/h4-5,8,15,17H,3,6-7,9H2,1-2H3. The Morgan fingerprint density at radius 3 is 2.74 bits per heavy atom. The fourth-order valence-electron chi connectivity index (χ4n) is 1.79. The molecular weight excluding hydrogens is 251 g/mol. The van der Waals surface area contributed by atoms with Crippen LogP contribution in [-0.2, 0) is 0 Å². The van der Waals surface area contributed by atoms with Gasteiger partial charge in [0.05, 0.1) is 11.0 Å². The van der Waals surface area contributed by atoms with Crippen molar-refractivity contribution in [2.75, 3.05) is 18.5 Å². The van der Waals surface area contributed by atoms with E-state index in [1.165, 1.54) is 12.1 Å². The molecule has 106 valence electrons. The van der Waals surface area contributed by atoms with Gasteiger partial charge < -0.3 is 10.4 Å². The van der Waals surface area contributed by atoms with Gasteiger partial charge in [0.2, 0.25) is 0 Å². The summed E-state index contributed by atoms with van der Waals surface area (Å²) in [6.45, 7) is 4.65. The SMILES string of the molecule is CC(C)(CCCO)CNc1ccc(F)cc1[N+](=O)[O-]. The number of anilines is 1. The molecule has 1 rings (SSSR count). The number of nitrogens with one attached hydrogen (secondary N) is 1. The minimum Gasteiger partial charge on any atom is -0.396 e. The van der Waals surface area contributed by atoms with Gasteiger partial charge in [-0.05, 0) is 30.4 Å². The molecule has 0 aliphatic heterocycles. The van der Waals surface area contributed by atoms with Gasteiger partial charge in [0.1, 0.15) is 11.5 Å². The summed E-state index contributed by atoms with van der Waals surface area (Å²) in [6, 6.07) is 3.47. The normalized spacial score (nSPS) is 11.4. The number of rotatable bonds is 7. The molecule has 6 heteroatoms. The third-order valence-corrected chi connectivity index (χ3v) is 2.93. The van der Waals surface area contributed by atoms with Crippen molar-refractivity contribution in [3.63, 3.8) is 0 Å². The van der Waals surface area contributed by atoms with Crippen molar-refractivity contribution in [3.8, 4) is 0 Å². The highest BCUT2D eigenvalue weighted by atomic mass is 19.1. The molecule has 0 fully saturated rings. The van der Waals surface area contributed by atoms with Crippen LogP contribution in [0.25, 0.3) is 0 Å². The molecule has 0 radical (unpaired) electrons. The van der Waals surface area contributed by atoms with E-state index in [1.807, 2.05) is 13.8 Å². The number of halogens is 1. The Morgan fingerprint density at radius 2 is 2.16 bits per heavy atom. The first-order chi connectivity index (χ1) is 8.85. The van der Waals surface area contributed by atoms with E-state index in [1.54, 1.807) is 0 Å². The molecule has 0 atom stereocenters. The van der Waals surface area contributed by atoms with Crippen LogP contribution in [0.4, 0.5) is 15.8 Å². The Morgan fingerprint density at radius 1 is 1.47 bits per heavy atom. The maximum Gasteiger partial charge on any atom is 0.295 e. The number of benzene rings is 1. The lowest BCUT2D eigenvalue weighted by atomic mass is 9.88. The molecule has 0 saturated heterocycles. The minimum atomic E-state index is -0.628. The molecule has 0 unspecified atom stereocenters. The molecule has 0 spiro atoms. The molecule has 19 heavy (non-hydrogen) atoms. The van der Waals surface area contributed by atoms with Gasteiger partial charge in [-0.25, -0.2) is 4.39 Å². The lowest BCUT2D eigenvalue weighted by Crippen LogP contribution is -2.23. The molecule has 0 amide bonds. The Bertz CT molecular complexity index is 450. The van der Waals surface area contributed by atoms with Crippen LogP contribution in [0, 0.1) is 21.3 Å². The summed E-state index contributed by atoms with van der Waals surface area (Å²) >= 11 is 0. The largest absolute Gasteiger partial charge is 0.396 e. The van der Waals surface area contributed by atoms with E-state index in [-0.39, 0.29) is 17.7 Å². The van der Waals surface area contributed by atoms with Crippen LogP contribution in [0.15, 0.2) is 18.2 Å². The van der Waals surface area contributed by atoms with E-state index in [9.17, 15) is 14.5 Å². The Balaban J connectivity index is 2.75. The second-order valence-corrected chi connectivity index (χ2v) is 5.26. The molecule has 0 aromatic heterocycles. The van der Waals surface area contributed by atoms with Crippen LogP contribution in [0.5, 0.6) is 0 Å². The van der Waals surface area contributed by atoms with Crippen molar-refractivity contribution < 1.29 is 14.4 Å². The number of nitro groups is 1. The molecular formula is C13H19FN2O3. The van der Waals surface area contributed by atoms with E-state index < -0.39 is 10.7 Å². The van der Waals surface area contributed by atoms with Crippen molar-refractivity contribution in [1.29, 1.82) is 0 Å². The van der Waals surface area contributed by atoms with Crippen molar-refractivity contribution in [3.05, 3.63) is 34.1 Å². The number of hydrogen-bond acceptors (Lipinski definition) is 4. The van der Waals surface area contributed by atoms with Crippen LogP contribution in [-0.4, -0.2) is 23.2 Å². The summed E-state index contributed by atoms with van der Waals surface area (Å²) in [5.41, 5.74) is -0.0632. The Hall–Kier alpha value is -1.69. The fraction of sp³-hybridized carbons (Fsp3) is 0.538. The van der Waals surface area contributed by atoms with Gasteiger partial charge in [0.25, 0.3) is 5.69 Å². The monoisotopic (exact) mass is 270 g/mol. The Labute approximate surface area is 111 Å². The van der Waals surface area contributed by atoms with E-state index in [0.29, 0.717) is 18.7 Å². The van der Waals surface area contributed by atoms with Gasteiger partial charge in [-0.2, -0.15) is 0 Å². The minimum absolute atomic E-state index is 0.106. The number of nitrogens with zero attached hydrogens (tertiary/aromatic N) is 1. The molecule has 1 aromatic rings. The molecule has 1 aromatic carbocycles. The summed E-state index contributed by atoms with van der Waals surface area (Å²) < 4.78 is 13.0. The molecule has 5 nitrogen and oxygen atoms in total. The summed E-state index contributed by atoms with van der Waals surface area (Å²) in [6.07, 6.45) is 1.48. The molecule has 0 bridgehead atoms. The van der Waals surface area contributed by atoms with Gasteiger partial charge in [-0.3, -0.25) is 10.1 Å². The van der Waals surface area contributed by atoms with Crippen LogP contribution in [0.3, 0.4) is 0 Å². The van der Waals surface area contributed by atoms with Crippen LogP contribution in [0.1, 0.15) is 26.7 Å². The third-order valence-electron chi connectivity index (χ3n) is 2.93. The lowest BCUT2D eigenvalue weighted by Gasteiger charge is -2.25. The maximum atomic E-state index is 13.0. The smallest absolute Gasteiger partial charge is 0.295 e. The zero-order chi connectivity index (χ0) is 14.5. The van der Waals surface area contributed by atoms with E-state index in [0.717, 1.165) is 12.5 Å². The lowest BCUT2D eigenvalue weighted by molar-refractivity contribution is -0.384. The van der Waals surface area contributed by atoms with E-state index >= 15 is 0 Å². The Kier molecular flexibility index (Phi) is 5.23. The highest BCUT2D eigenvalue weighted by Gasteiger charge is 2.20. The first-order valence-corrected chi connectivity index (χ1v) is 6.14. The van der Waals surface area contributed by atoms with Gasteiger partial charge in [0.15, 0.2) is 0 Å². The van der Waals surface area contributed by atoms with Crippen molar-refractivity contribution >= 4 is 11.4 Å². The second kappa shape index (κ2) is 6.47. The zero-order valence-electron chi connectivity index (χ0n) is 11.1. The molecule has 0 heterocycles. The first-order valence-electron chi connectivity index (χ1n) is 6.14. The highest BCUT2D eigenvalue weighted by Crippen LogP contribution is 2.28. The average Bonchev–Trinajstić information content (AvgIpc) is 2.35. The van der Waals surface area contributed by atoms with Crippen LogP contribution < -0.4 is 5.32 Å². The van der Waals surface area contributed by atoms with E-state index in [2.05, 4.69) is 5.32 Å². The molecule has 0 aliphatic carbocycles. The van der Waals surface area contributed by atoms with Crippen molar-refractivity contribution in [2.45, 2.75) is 26.7 Å². The van der Waals surface area contributed by atoms with Gasteiger partial charge in [-0.1, -0.05) is 13.8 Å². The third kappa shape index (κ3) is 4.82. The predicted molar refractivity (Wildman–Crippen MR) is 71.6 cm³/mol. The number of aliphatic hydroxyl groups is 1. The van der Waals surface area contributed by atoms with Crippen molar-refractivity contribution in [2.24, 2.45) is 5.41 Å². The number of hydrogen-bond donors (Lipinski definition) is 2. The quantitative estimate of drug-likeness (QED) is 0.590. The van der Waals surface area contributed by atoms with Gasteiger partial charge in [-0.15, -0.1) is 0 Å². The van der Waals surface area contributed by atoms with Crippen LogP contribution in [0.2, 0.25) is 0 Å². The number of aliphatic hydroxyl groups excluding tert-OH is 1. The zero-order valence-corrected chi connectivity index (χ0v) is 11.1. The molecule has 2 N–H and O–H groups in total. The number of nitro benzene ring substituents is 1. The molecule has 0 aliphatic rings.